The molecule has 1 saturated heterocycles. The first-order valence-corrected chi connectivity index (χ1v) is 11.8. The van der Waals surface area contributed by atoms with Gasteiger partial charge in [-0.1, -0.05) is 30.4 Å². The number of likely N-dealkylation sites (tertiary alicyclic amines) is 1. The van der Waals surface area contributed by atoms with E-state index in [4.69, 9.17) is 4.74 Å². The number of rotatable bonds is 9. The molecular weight excluding hydrogens is 531 g/mol. The van der Waals surface area contributed by atoms with Crippen LogP contribution in [0.1, 0.15) is 31.2 Å². The SMILES string of the molecule is CN=C(NCCCN1C(=O)C2C3C=CC(C3)C2C1=O)NCc1ccccc1OCC1CC1.I. The molecule has 4 aliphatic rings. The number of benzene rings is 1. The zero-order chi connectivity index (χ0) is 22.1. The highest BCUT2D eigenvalue weighted by atomic mass is 127. The molecule has 0 spiro atoms. The summed E-state index contributed by atoms with van der Waals surface area (Å²) in [5.41, 5.74) is 1.10. The predicted molar refractivity (Wildman–Crippen MR) is 137 cm³/mol. The second-order valence-electron chi connectivity index (χ2n) is 9.40. The van der Waals surface area contributed by atoms with E-state index in [0.717, 1.165) is 24.3 Å². The van der Waals surface area contributed by atoms with Gasteiger partial charge in [-0.2, -0.15) is 0 Å². The molecule has 1 aliphatic heterocycles. The number of hydrogen-bond acceptors (Lipinski definition) is 4. The standard InChI is InChI=1S/C25H32N4O3.HI/c1-26-25(28-14-19-5-2-3-6-20(19)32-15-16-7-8-16)27-11-4-12-29-23(30)21-17-9-10-18(13-17)22(21)24(29)31;/h2-3,5-6,9-10,16-18,21-22H,4,7-8,11-15H2,1H3,(H2,26,27,28);1H. The second kappa shape index (κ2) is 10.4. The van der Waals surface area contributed by atoms with Gasteiger partial charge in [0.15, 0.2) is 5.96 Å². The number of guanidine groups is 1. The van der Waals surface area contributed by atoms with Crippen molar-refractivity contribution in [3.8, 4) is 5.75 Å². The molecule has 7 nitrogen and oxygen atoms in total. The third-order valence-corrected chi connectivity index (χ3v) is 7.23. The van der Waals surface area contributed by atoms with Crippen LogP contribution in [0.15, 0.2) is 41.4 Å². The summed E-state index contributed by atoms with van der Waals surface area (Å²) in [5.74, 6) is 2.70. The van der Waals surface area contributed by atoms with Crippen LogP contribution in [0.2, 0.25) is 0 Å². The fraction of sp³-hybridized carbons (Fsp3) is 0.560. The van der Waals surface area contributed by atoms with E-state index < -0.39 is 0 Å². The number of carbonyl (C=O) groups is 2. The molecule has 2 saturated carbocycles. The van der Waals surface area contributed by atoms with E-state index in [2.05, 4.69) is 33.8 Å². The Hall–Kier alpha value is -2.10. The normalized spacial score (nSPS) is 27.5. The van der Waals surface area contributed by atoms with Gasteiger partial charge < -0.3 is 15.4 Å². The molecule has 4 unspecified atom stereocenters. The minimum Gasteiger partial charge on any atom is -0.493 e. The van der Waals surface area contributed by atoms with Gasteiger partial charge in [0, 0.05) is 32.2 Å². The molecule has 3 aliphatic carbocycles. The summed E-state index contributed by atoms with van der Waals surface area (Å²) in [4.78, 5) is 31.3. The van der Waals surface area contributed by atoms with Crippen molar-refractivity contribution in [2.45, 2.75) is 32.2 Å². The Morgan fingerprint density at radius 3 is 2.45 bits per heavy atom. The van der Waals surface area contributed by atoms with E-state index in [1.54, 1.807) is 7.05 Å². The molecule has 0 aromatic heterocycles. The maximum atomic E-state index is 12.8. The highest BCUT2D eigenvalue weighted by molar-refractivity contribution is 14.0. The molecule has 2 bridgehead atoms. The number of imide groups is 1. The van der Waals surface area contributed by atoms with E-state index >= 15 is 0 Å². The smallest absolute Gasteiger partial charge is 0.233 e. The average molecular weight is 564 g/mol. The quantitative estimate of drug-likeness (QED) is 0.120. The number of allylic oxidation sites excluding steroid dienone is 2. The van der Waals surface area contributed by atoms with E-state index in [9.17, 15) is 9.59 Å². The number of fused-ring (bicyclic) bond motifs is 5. The van der Waals surface area contributed by atoms with Crippen molar-refractivity contribution in [3.05, 3.63) is 42.0 Å². The Bertz CT molecular complexity index is 915. The van der Waals surface area contributed by atoms with Crippen LogP contribution in [-0.2, 0) is 16.1 Å². The van der Waals surface area contributed by atoms with Gasteiger partial charge in [0.05, 0.1) is 18.4 Å². The fourth-order valence-electron chi connectivity index (χ4n) is 5.31. The Labute approximate surface area is 212 Å². The van der Waals surface area contributed by atoms with E-state index in [0.29, 0.717) is 37.9 Å². The summed E-state index contributed by atoms with van der Waals surface area (Å²) < 4.78 is 5.98. The lowest BCUT2D eigenvalue weighted by molar-refractivity contribution is -0.140. The topological polar surface area (TPSA) is 83.0 Å². The van der Waals surface area contributed by atoms with Crippen LogP contribution in [0.3, 0.4) is 0 Å². The number of halogens is 1. The summed E-state index contributed by atoms with van der Waals surface area (Å²) in [7, 11) is 1.74. The minimum absolute atomic E-state index is 0. The highest BCUT2D eigenvalue weighted by Gasteiger charge is 2.58. The van der Waals surface area contributed by atoms with E-state index in [1.165, 1.54) is 17.7 Å². The molecule has 3 fully saturated rings. The van der Waals surface area contributed by atoms with Crippen molar-refractivity contribution >= 4 is 41.8 Å². The Kier molecular flexibility index (Phi) is 7.61. The molecule has 1 heterocycles. The summed E-state index contributed by atoms with van der Waals surface area (Å²) in [6.45, 7) is 2.50. The molecule has 8 heteroatoms. The Morgan fingerprint density at radius 1 is 1.09 bits per heavy atom. The summed E-state index contributed by atoms with van der Waals surface area (Å²) in [5, 5.41) is 6.62. The van der Waals surface area contributed by atoms with Gasteiger partial charge in [0.25, 0.3) is 0 Å². The number of nitrogens with zero attached hydrogens (tertiary/aromatic N) is 2. The second-order valence-corrected chi connectivity index (χ2v) is 9.40. The van der Waals surface area contributed by atoms with E-state index in [1.807, 2.05) is 18.2 Å². The molecule has 1 aromatic rings. The first-order valence-electron chi connectivity index (χ1n) is 11.8. The van der Waals surface area contributed by atoms with Crippen LogP contribution in [0.4, 0.5) is 0 Å². The number of hydrogen-bond donors (Lipinski definition) is 2. The molecule has 5 rings (SSSR count). The molecule has 178 valence electrons. The fourth-order valence-corrected chi connectivity index (χ4v) is 5.31. The van der Waals surface area contributed by atoms with Gasteiger partial charge in [0.2, 0.25) is 11.8 Å². The summed E-state index contributed by atoms with van der Waals surface area (Å²) >= 11 is 0. The number of ether oxygens (including phenoxy) is 1. The third kappa shape index (κ3) is 5.05. The van der Waals surface area contributed by atoms with Crippen LogP contribution in [0.25, 0.3) is 0 Å². The largest absolute Gasteiger partial charge is 0.493 e. The summed E-state index contributed by atoms with van der Waals surface area (Å²) in [6, 6.07) is 8.08. The van der Waals surface area contributed by atoms with Crippen molar-refractivity contribution in [1.82, 2.24) is 15.5 Å². The van der Waals surface area contributed by atoms with Gasteiger partial charge in [-0.25, -0.2) is 0 Å². The number of nitrogens with one attached hydrogen (secondary N) is 2. The summed E-state index contributed by atoms with van der Waals surface area (Å²) in [6.07, 6.45) is 8.47. The molecule has 1 aromatic carbocycles. The lowest BCUT2D eigenvalue weighted by Gasteiger charge is -2.18. The Morgan fingerprint density at radius 2 is 1.79 bits per heavy atom. The van der Waals surface area contributed by atoms with Gasteiger partial charge in [0.1, 0.15) is 5.75 Å². The van der Waals surface area contributed by atoms with Crippen molar-refractivity contribution in [2.75, 3.05) is 26.7 Å². The van der Waals surface area contributed by atoms with E-state index in [-0.39, 0.29) is 59.5 Å². The van der Waals surface area contributed by atoms with Crippen molar-refractivity contribution < 1.29 is 14.3 Å². The third-order valence-electron chi connectivity index (χ3n) is 7.23. The van der Waals surface area contributed by atoms with Gasteiger partial charge >= 0.3 is 0 Å². The molecule has 2 N–H and O–H groups in total. The van der Waals surface area contributed by atoms with Gasteiger partial charge in [-0.15, -0.1) is 24.0 Å². The van der Waals surface area contributed by atoms with Crippen LogP contribution in [0, 0.1) is 29.6 Å². The molecule has 4 atom stereocenters. The van der Waals surface area contributed by atoms with Crippen molar-refractivity contribution in [1.29, 1.82) is 0 Å². The van der Waals surface area contributed by atoms with Crippen molar-refractivity contribution in [2.24, 2.45) is 34.6 Å². The average Bonchev–Trinajstić information content (AvgIpc) is 3.32. The first-order chi connectivity index (χ1) is 15.7. The molecule has 2 amide bonds. The van der Waals surface area contributed by atoms with Crippen LogP contribution >= 0.6 is 24.0 Å². The monoisotopic (exact) mass is 564 g/mol. The lowest BCUT2D eigenvalue weighted by atomic mass is 9.85. The van der Waals surface area contributed by atoms with Gasteiger partial charge in [-0.05, 0) is 49.5 Å². The zero-order valence-electron chi connectivity index (χ0n) is 19.0. The van der Waals surface area contributed by atoms with Crippen LogP contribution in [0.5, 0.6) is 5.75 Å². The minimum atomic E-state index is -0.109. The lowest BCUT2D eigenvalue weighted by Crippen LogP contribution is -2.39. The molecule has 0 radical (unpaired) electrons. The maximum Gasteiger partial charge on any atom is 0.233 e. The predicted octanol–water partition coefficient (Wildman–Crippen LogP) is 2.96. The first kappa shape index (κ1) is 24.0. The van der Waals surface area contributed by atoms with Crippen molar-refractivity contribution in [3.63, 3.8) is 0 Å². The number of para-hydroxylation sites is 1. The maximum absolute atomic E-state index is 12.8. The number of carbonyl (C=O) groups excluding carboxylic acids is 2. The van der Waals surface area contributed by atoms with Gasteiger partial charge in [-0.3, -0.25) is 19.5 Å². The number of aliphatic imine (C=N–C) groups is 1. The molecule has 33 heavy (non-hydrogen) atoms. The number of amides is 2. The van der Waals surface area contributed by atoms with Crippen LogP contribution in [-0.4, -0.2) is 49.4 Å². The van der Waals surface area contributed by atoms with Crippen LogP contribution < -0.4 is 15.4 Å². The highest BCUT2D eigenvalue weighted by Crippen LogP contribution is 2.52. The zero-order valence-corrected chi connectivity index (χ0v) is 21.4. The molecular formula is C25H33IN4O3. The Balaban J connectivity index is 0.00000259.